The van der Waals surface area contributed by atoms with Gasteiger partial charge in [-0.05, 0) is 78.5 Å². The number of hydrogen-bond donors (Lipinski definition) is 0. The number of Topliss-reactive ketones (excluding diaryl/α,β-unsaturated/α-hetero) is 2. The minimum absolute atomic E-state index is 0.123. The summed E-state index contributed by atoms with van der Waals surface area (Å²) in [6.45, 7) is 3.26. The van der Waals surface area contributed by atoms with E-state index in [4.69, 9.17) is 0 Å². The van der Waals surface area contributed by atoms with Gasteiger partial charge in [-0.2, -0.15) is 0 Å². The van der Waals surface area contributed by atoms with Crippen LogP contribution in [0.15, 0.2) is 109 Å². The first-order valence-corrected chi connectivity index (χ1v) is 12.9. The van der Waals surface area contributed by atoms with Crippen LogP contribution in [0.4, 0.5) is 0 Å². The van der Waals surface area contributed by atoms with E-state index in [0.717, 1.165) is 21.9 Å². The number of benzene rings is 8. The number of carbonyl (C=O) groups excluding carboxylic acids is 2. The molecule has 0 aliphatic carbocycles. The SMILES string of the molecule is CC(=O)c1ccc2ccc3cccc4ccc1c2c34.CC(=O)c1ccc2ccc3cccc4ccc1c2c34. The van der Waals surface area contributed by atoms with Gasteiger partial charge in [0.05, 0.1) is 0 Å². The Hall–Kier alpha value is -4.82. The van der Waals surface area contributed by atoms with Crippen LogP contribution in [-0.4, -0.2) is 11.6 Å². The van der Waals surface area contributed by atoms with Crippen LogP contribution in [0.2, 0.25) is 0 Å². The predicted octanol–water partition coefficient (Wildman–Crippen LogP) is 9.57. The molecule has 0 atom stereocenters. The molecule has 0 saturated heterocycles. The van der Waals surface area contributed by atoms with Gasteiger partial charge in [0.2, 0.25) is 0 Å². The van der Waals surface area contributed by atoms with Crippen LogP contribution in [0.1, 0.15) is 34.6 Å². The molecule has 0 N–H and O–H groups in total. The van der Waals surface area contributed by atoms with Crippen molar-refractivity contribution in [1.29, 1.82) is 0 Å². The fourth-order valence-electron chi connectivity index (χ4n) is 6.08. The minimum atomic E-state index is 0.123. The van der Waals surface area contributed by atoms with Crippen molar-refractivity contribution in [2.75, 3.05) is 0 Å². The summed E-state index contributed by atoms with van der Waals surface area (Å²) in [5, 5.41) is 14.4. The summed E-state index contributed by atoms with van der Waals surface area (Å²) < 4.78 is 0. The van der Waals surface area contributed by atoms with Gasteiger partial charge < -0.3 is 0 Å². The monoisotopic (exact) mass is 488 g/mol. The molecule has 38 heavy (non-hydrogen) atoms. The Bertz CT molecular complexity index is 2000. The fourth-order valence-corrected chi connectivity index (χ4v) is 6.08. The summed E-state index contributed by atoms with van der Waals surface area (Å²) >= 11 is 0. The lowest BCUT2D eigenvalue weighted by Crippen LogP contribution is -1.94. The third kappa shape index (κ3) is 3.27. The maximum absolute atomic E-state index is 11.8. The molecule has 0 aliphatic rings. The van der Waals surface area contributed by atoms with E-state index >= 15 is 0 Å². The van der Waals surface area contributed by atoms with Crippen molar-refractivity contribution in [2.24, 2.45) is 0 Å². The van der Waals surface area contributed by atoms with Crippen LogP contribution < -0.4 is 0 Å². The highest BCUT2D eigenvalue weighted by Gasteiger charge is 2.13. The van der Waals surface area contributed by atoms with Gasteiger partial charge in [-0.25, -0.2) is 0 Å². The molecule has 0 spiro atoms. The first-order valence-electron chi connectivity index (χ1n) is 12.9. The molecular formula is C36H24O2. The maximum Gasteiger partial charge on any atom is 0.160 e. The highest BCUT2D eigenvalue weighted by Crippen LogP contribution is 2.37. The zero-order valence-electron chi connectivity index (χ0n) is 21.2. The Morgan fingerprint density at radius 3 is 1.00 bits per heavy atom. The van der Waals surface area contributed by atoms with Gasteiger partial charge in [0.1, 0.15) is 0 Å². The van der Waals surface area contributed by atoms with Crippen molar-refractivity contribution in [1.82, 2.24) is 0 Å². The van der Waals surface area contributed by atoms with Crippen molar-refractivity contribution >= 4 is 76.2 Å². The first kappa shape index (κ1) is 22.4. The molecule has 8 aromatic carbocycles. The zero-order chi connectivity index (χ0) is 26.0. The molecule has 0 amide bonds. The number of hydrogen-bond acceptors (Lipinski definition) is 2. The van der Waals surface area contributed by atoms with Crippen LogP contribution in [0, 0.1) is 0 Å². The van der Waals surface area contributed by atoms with E-state index in [1.807, 2.05) is 24.3 Å². The second-order valence-electron chi connectivity index (χ2n) is 10.1. The summed E-state index contributed by atoms with van der Waals surface area (Å²) in [7, 11) is 0. The molecule has 0 bridgehead atoms. The van der Waals surface area contributed by atoms with E-state index in [9.17, 15) is 9.59 Å². The molecule has 2 heteroatoms. The molecule has 0 fully saturated rings. The Labute approximate surface area is 219 Å². The van der Waals surface area contributed by atoms with E-state index in [2.05, 4.69) is 84.9 Å². The summed E-state index contributed by atoms with van der Waals surface area (Å²) in [6.07, 6.45) is 0. The van der Waals surface area contributed by atoms with Crippen LogP contribution in [0.3, 0.4) is 0 Å². The predicted molar refractivity (Wildman–Crippen MR) is 160 cm³/mol. The van der Waals surface area contributed by atoms with Crippen molar-refractivity contribution in [3.63, 3.8) is 0 Å². The van der Waals surface area contributed by atoms with Gasteiger partial charge in [-0.3, -0.25) is 9.59 Å². The van der Waals surface area contributed by atoms with Crippen molar-refractivity contribution in [2.45, 2.75) is 13.8 Å². The average molecular weight is 489 g/mol. The normalized spacial score (nSPS) is 11.6. The molecule has 2 nitrogen and oxygen atoms in total. The highest BCUT2D eigenvalue weighted by molar-refractivity contribution is 6.27. The molecule has 0 saturated carbocycles. The summed E-state index contributed by atoms with van der Waals surface area (Å²) in [5.74, 6) is 0.246. The molecule has 0 unspecified atom stereocenters. The second kappa shape index (κ2) is 8.36. The van der Waals surface area contributed by atoms with Crippen molar-refractivity contribution in [3.05, 3.63) is 120 Å². The summed E-state index contributed by atoms with van der Waals surface area (Å²) in [4.78, 5) is 23.6. The summed E-state index contributed by atoms with van der Waals surface area (Å²) in [5.41, 5.74) is 1.62. The third-order valence-electron chi connectivity index (χ3n) is 7.82. The first-order chi connectivity index (χ1) is 18.5. The molecule has 0 aliphatic heterocycles. The van der Waals surface area contributed by atoms with Crippen LogP contribution in [0.25, 0.3) is 64.6 Å². The Morgan fingerprint density at radius 1 is 0.368 bits per heavy atom. The van der Waals surface area contributed by atoms with E-state index in [1.165, 1.54) is 53.9 Å². The maximum atomic E-state index is 11.8. The van der Waals surface area contributed by atoms with E-state index in [0.29, 0.717) is 0 Å². The Morgan fingerprint density at radius 2 is 0.658 bits per heavy atom. The van der Waals surface area contributed by atoms with Gasteiger partial charge in [-0.1, -0.05) is 109 Å². The molecule has 180 valence electrons. The standard InChI is InChI=1S/2C18H12O/c2*1-11(19)15-9-7-14-6-5-12-3-2-4-13-8-10-16(15)18(14)17(12)13/h2*2-10H,1H3. The lowest BCUT2D eigenvalue weighted by Gasteiger charge is -2.12. The van der Waals surface area contributed by atoms with Crippen LogP contribution >= 0.6 is 0 Å². The molecule has 8 aromatic rings. The van der Waals surface area contributed by atoms with Crippen LogP contribution in [0.5, 0.6) is 0 Å². The minimum Gasteiger partial charge on any atom is -0.294 e. The highest BCUT2D eigenvalue weighted by atomic mass is 16.1. The molecule has 0 heterocycles. The average Bonchev–Trinajstić information content (AvgIpc) is 2.94. The summed E-state index contributed by atoms with van der Waals surface area (Å²) in [6, 6.07) is 37.5. The number of ketones is 2. The van der Waals surface area contributed by atoms with Crippen molar-refractivity contribution in [3.8, 4) is 0 Å². The van der Waals surface area contributed by atoms with E-state index in [-0.39, 0.29) is 11.6 Å². The van der Waals surface area contributed by atoms with Gasteiger partial charge in [0, 0.05) is 11.1 Å². The molecule has 8 rings (SSSR count). The zero-order valence-corrected chi connectivity index (χ0v) is 21.2. The lowest BCUT2D eigenvalue weighted by atomic mass is 9.91. The van der Waals surface area contributed by atoms with Gasteiger partial charge in [0.15, 0.2) is 11.6 Å². The number of rotatable bonds is 2. The van der Waals surface area contributed by atoms with Crippen LogP contribution in [-0.2, 0) is 0 Å². The number of carbonyl (C=O) groups is 2. The van der Waals surface area contributed by atoms with Gasteiger partial charge in [-0.15, -0.1) is 0 Å². The Kier molecular flexibility index (Phi) is 4.92. The molecule has 0 aromatic heterocycles. The van der Waals surface area contributed by atoms with Gasteiger partial charge in [0.25, 0.3) is 0 Å². The van der Waals surface area contributed by atoms with Crippen molar-refractivity contribution < 1.29 is 9.59 Å². The largest absolute Gasteiger partial charge is 0.294 e. The fraction of sp³-hybridized carbons (Fsp3) is 0.0556. The topological polar surface area (TPSA) is 34.1 Å². The lowest BCUT2D eigenvalue weighted by molar-refractivity contribution is 0.101. The third-order valence-corrected chi connectivity index (χ3v) is 7.82. The molecular weight excluding hydrogens is 464 g/mol. The smallest absolute Gasteiger partial charge is 0.160 e. The van der Waals surface area contributed by atoms with E-state index < -0.39 is 0 Å². The van der Waals surface area contributed by atoms with Gasteiger partial charge >= 0.3 is 0 Å². The Balaban J connectivity index is 0.000000127. The quantitative estimate of drug-likeness (QED) is 0.179. The molecule has 0 radical (unpaired) electrons. The second-order valence-corrected chi connectivity index (χ2v) is 10.1. The van der Waals surface area contributed by atoms with E-state index in [1.54, 1.807) is 13.8 Å².